The van der Waals surface area contributed by atoms with E-state index < -0.39 is 0 Å². The van der Waals surface area contributed by atoms with E-state index in [0.29, 0.717) is 5.41 Å². The molecule has 0 spiro atoms. The predicted molar refractivity (Wildman–Crippen MR) is 43.0 cm³/mol. The maximum absolute atomic E-state index is 3.77. The van der Waals surface area contributed by atoms with Gasteiger partial charge in [0.15, 0.2) is 0 Å². The van der Waals surface area contributed by atoms with E-state index in [1.54, 1.807) is 0 Å². The third-order valence-electron chi connectivity index (χ3n) is 1.16. The van der Waals surface area contributed by atoms with Crippen LogP contribution in [0.15, 0.2) is 0 Å². The number of hydrogen-bond acceptors (Lipinski definition) is 0. The molecule has 10 heavy (non-hydrogen) atoms. The van der Waals surface area contributed by atoms with Crippen LogP contribution >= 0.6 is 0 Å². The molecule has 0 unspecified atom stereocenters. The second kappa shape index (κ2) is 6.40. The average Bonchev–Trinajstić information content (AvgIpc) is 1.63. The second-order valence-corrected chi connectivity index (χ2v) is 3.70. The summed E-state index contributed by atoms with van der Waals surface area (Å²) < 4.78 is 0. The SMILES string of the molecule is [CH2-]CC[CH-]CC(C)(C)C.[W+2]. The van der Waals surface area contributed by atoms with Crippen molar-refractivity contribution in [3.63, 3.8) is 0 Å². The molecule has 0 fully saturated rings. The third kappa shape index (κ3) is 11.5. The molecule has 0 N–H and O–H groups in total. The van der Waals surface area contributed by atoms with Gasteiger partial charge in [0.2, 0.25) is 0 Å². The summed E-state index contributed by atoms with van der Waals surface area (Å²) in [7, 11) is 0. The van der Waals surface area contributed by atoms with Gasteiger partial charge in [0.1, 0.15) is 0 Å². The standard InChI is InChI=1S/C9H18.W/c1-5-6-7-8-9(2,3)4;/h7H,1,5-6,8H2,2-4H3;/q-2;+2. The molecule has 0 aliphatic carbocycles. The maximum atomic E-state index is 3.77. The van der Waals surface area contributed by atoms with E-state index in [4.69, 9.17) is 0 Å². The molecule has 1 heteroatoms. The van der Waals surface area contributed by atoms with Crippen LogP contribution in [-0.4, -0.2) is 0 Å². The Labute approximate surface area is 80.0 Å². The predicted octanol–water partition coefficient (Wildman–Crippen LogP) is 3.24. The topological polar surface area (TPSA) is 0 Å². The fourth-order valence-electron chi connectivity index (χ4n) is 0.679. The van der Waals surface area contributed by atoms with Crippen molar-refractivity contribution in [2.24, 2.45) is 5.41 Å². The molecule has 60 valence electrons. The fourth-order valence-corrected chi connectivity index (χ4v) is 0.679. The summed E-state index contributed by atoms with van der Waals surface area (Å²) >= 11 is 0. The quantitative estimate of drug-likeness (QED) is 0.554. The van der Waals surface area contributed by atoms with Crippen molar-refractivity contribution in [3.8, 4) is 0 Å². The Morgan fingerprint density at radius 1 is 1.30 bits per heavy atom. The number of hydrogen-bond donors (Lipinski definition) is 0. The Morgan fingerprint density at radius 3 is 2.10 bits per heavy atom. The van der Waals surface area contributed by atoms with E-state index >= 15 is 0 Å². The average molecular weight is 310 g/mol. The van der Waals surface area contributed by atoms with Crippen molar-refractivity contribution < 1.29 is 21.1 Å². The summed E-state index contributed by atoms with van der Waals surface area (Å²) in [5, 5.41) is 0. The fraction of sp³-hybridized carbons (Fsp3) is 0.778. The van der Waals surface area contributed by atoms with Crippen LogP contribution in [-0.2, 0) is 21.1 Å². The van der Waals surface area contributed by atoms with E-state index in [1.165, 1.54) is 6.42 Å². The Morgan fingerprint density at radius 2 is 1.80 bits per heavy atom. The molecule has 0 nitrogen and oxygen atoms in total. The molecule has 0 aromatic heterocycles. The molecule has 0 saturated heterocycles. The molecule has 0 bridgehead atoms. The van der Waals surface area contributed by atoms with Crippen LogP contribution < -0.4 is 0 Å². The van der Waals surface area contributed by atoms with Gasteiger partial charge in [-0.1, -0.05) is 26.2 Å². The van der Waals surface area contributed by atoms with Crippen molar-refractivity contribution in [2.45, 2.75) is 40.0 Å². The minimum atomic E-state index is 0. The Balaban J connectivity index is 0. The zero-order chi connectivity index (χ0) is 7.33. The van der Waals surface area contributed by atoms with Crippen LogP contribution in [0, 0.1) is 18.8 Å². The molecule has 0 aromatic carbocycles. The third-order valence-corrected chi connectivity index (χ3v) is 1.16. The zero-order valence-electron chi connectivity index (χ0n) is 7.31. The van der Waals surface area contributed by atoms with Crippen LogP contribution in [0.2, 0.25) is 0 Å². The van der Waals surface area contributed by atoms with E-state index in [9.17, 15) is 0 Å². The van der Waals surface area contributed by atoms with Gasteiger partial charge >= 0.3 is 21.1 Å². The number of rotatable bonds is 3. The number of unbranched alkanes of at least 4 members (excludes halogenated alkanes) is 2. The van der Waals surface area contributed by atoms with Gasteiger partial charge in [0, 0.05) is 0 Å². The summed E-state index contributed by atoms with van der Waals surface area (Å²) in [6.45, 7) is 10.5. The first kappa shape index (κ1) is 13.3. The van der Waals surface area contributed by atoms with Crippen molar-refractivity contribution in [1.29, 1.82) is 0 Å². The molecule has 0 amide bonds. The Bertz CT molecular complexity index is 61.6. The first-order valence-corrected chi connectivity index (χ1v) is 3.67. The van der Waals surface area contributed by atoms with E-state index in [0.717, 1.165) is 12.8 Å². The van der Waals surface area contributed by atoms with Gasteiger partial charge in [-0.15, -0.1) is 0 Å². The second-order valence-electron chi connectivity index (χ2n) is 3.70. The van der Waals surface area contributed by atoms with Gasteiger partial charge in [0.05, 0.1) is 0 Å². The van der Waals surface area contributed by atoms with Gasteiger partial charge < -0.3 is 13.3 Å². The Hall–Kier alpha value is 0.688. The molecule has 0 atom stereocenters. The summed E-state index contributed by atoms with van der Waals surface area (Å²) in [5.74, 6) is 0. The van der Waals surface area contributed by atoms with E-state index in [1.807, 2.05) is 0 Å². The normalized spacial score (nSPS) is 10.8. The largest absolute Gasteiger partial charge is 2.00 e. The maximum Gasteiger partial charge on any atom is 2.00 e. The Kier molecular flexibility index (Phi) is 8.51. The van der Waals surface area contributed by atoms with E-state index in [-0.39, 0.29) is 21.1 Å². The molecule has 0 saturated carbocycles. The van der Waals surface area contributed by atoms with Crippen LogP contribution in [0.3, 0.4) is 0 Å². The molecular formula is C9H18W. The van der Waals surface area contributed by atoms with Crippen molar-refractivity contribution >= 4 is 0 Å². The monoisotopic (exact) mass is 310 g/mol. The van der Waals surface area contributed by atoms with Crippen LogP contribution in [0.1, 0.15) is 40.0 Å². The molecule has 0 heterocycles. The van der Waals surface area contributed by atoms with Gasteiger partial charge in [-0.25, -0.2) is 12.8 Å². The summed E-state index contributed by atoms with van der Waals surface area (Å²) in [4.78, 5) is 0. The molecule has 0 aromatic rings. The van der Waals surface area contributed by atoms with E-state index in [2.05, 4.69) is 34.1 Å². The molecule has 0 radical (unpaired) electrons. The minimum absolute atomic E-state index is 0. The summed E-state index contributed by atoms with van der Waals surface area (Å²) in [6.07, 6.45) is 5.74. The van der Waals surface area contributed by atoms with Crippen LogP contribution in [0.25, 0.3) is 0 Å². The van der Waals surface area contributed by atoms with Gasteiger partial charge in [-0.05, 0) is 0 Å². The summed E-state index contributed by atoms with van der Waals surface area (Å²) in [5.41, 5.74) is 0.467. The minimum Gasteiger partial charge on any atom is -0.346 e. The van der Waals surface area contributed by atoms with Crippen molar-refractivity contribution in [1.82, 2.24) is 0 Å². The van der Waals surface area contributed by atoms with Crippen LogP contribution in [0.4, 0.5) is 0 Å². The first-order chi connectivity index (χ1) is 4.06. The van der Waals surface area contributed by atoms with Gasteiger partial charge in [-0.2, -0.15) is 6.42 Å². The van der Waals surface area contributed by atoms with Crippen molar-refractivity contribution in [2.75, 3.05) is 0 Å². The zero-order valence-corrected chi connectivity index (χ0v) is 10.2. The summed E-state index contributed by atoms with van der Waals surface area (Å²) in [6, 6.07) is 0. The first-order valence-electron chi connectivity index (χ1n) is 3.67. The van der Waals surface area contributed by atoms with Crippen LogP contribution in [0.5, 0.6) is 0 Å². The molecule has 0 aliphatic rings. The van der Waals surface area contributed by atoms with Gasteiger partial charge in [0.25, 0.3) is 0 Å². The molecular weight excluding hydrogens is 292 g/mol. The van der Waals surface area contributed by atoms with Gasteiger partial charge in [-0.3, -0.25) is 0 Å². The molecule has 0 aliphatic heterocycles. The van der Waals surface area contributed by atoms with Crippen molar-refractivity contribution in [3.05, 3.63) is 13.3 Å². The smallest absolute Gasteiger partial charge is 0.346 e. The molecule has 0 rings (SSSR count).